The highest BCUT2D eigenvalue weighted by Crippen LogP contribution is 2.27. The van der Waals surface area contributed by atoms with Gasteiger partial charge < -0.3 is 20.5 Å². The molecule has 0 aliphatic rings. The smallest absolute Gasteiger partial charge is 0.257 e. The molecule has 0 atom stereocenters. The highest BCUT2D eigenvalue weighted by Gasteiger charge is 2.14. The lowest BCUT2D eigenvalue weighted by atomic mass is 10.2. The van der Waals surface area contributed by atoms with E-state index in [1.165, 1.54) is 7.11 Å². The molecule has 1 heterocycles. The first-order chi connectivity index (χ1) is 10.1. The number of hydrogen-bond donors (Lipinski definition) is 2. The number of methoxy groups -OCH3 is 2. The first kappa shape index (κ1) is 14.9. The summed E-state index contributed by atoms with van der Waals surface area (Å²) in [6.07, 6.45) is 1.77. The first-order valence-electron chi connectivity index (χ1n) is 6.35. The predicted octanol–water partition coefficient (Wildman–Crippen LogP) is 1.15. The SMILES string of the molecule is COc1ccc(C(=O)Nc2nn(C)cc2CN)cc1OC. The molecule has 1 aromatic heterocycles. The van der Waals surface area contributed by atoms with Crippen LogP contribution in [0.25, 0.3) is 0 Å². The Morgan fingerprint density at radius 2 is 2.05 bits per heavy atom. The summed E-state index contributed by atoms with van der Waals surface area (Å²) in [5, 5.41) is 6.91. The lowest BCUT2D eigenvalue weighted by Gasteiger charge is -2.09. The quantitative estimate of drug-likeness (QED) is 0.862. The van der Waals surface area contributed by atoms with Crippen LogP contribution in [-0.4, -0.2) is 29.9 Å². The summed E-state index contributed by atoms with van der Waals surface area (Å²) in [5.41, 5.74) is 6.84. The molecule has 0 bridgehead atoms. The lowest BCUT2D eigenvalue weighted by Crippen LogP contribution is -2.14. The topological polar surface area (TPSA) is 91.4 Å². The van der Waals surface area contributed by atoms with Gasteiger partial charge in [-0.25, -0.2) is 0 Å². The lowest BCUT2D eigenvalue weighted by molar-refractivity contribution is 0.102. The molecule has 1 aromatic carbocycles. The second-order valence-corrected chi connectivity index (χ2v) is 4.40. The summed E-state index contributed by atoms with van der Waals surface area (Å²) in [4.78, 5) is 12.3. The zero-order chi connectivity index (χ0) is 15.4. The second-order valence-electron chi connectivity index (χ2n) is 4.40. The van der Waals surface area contributed by atoms with Crippen LogP contribution in [0.4, 0.5) is 5.82 Å². The van der Waals surface area contributed by atoms with E-state index in [2.05, 4.69) is 10.4 Å². The summed E-state index contributed by atoms with van der Waals surface area (Å²) >= 11 is 0. The third-order valence-electron chi connectivity index (χ3n) is 3.00. The van der Waals surface area contributed by atoms with Crippen LogP contribution >= 0.6 is 0 Å². The molecule has 1 amide bonds. The number of aryl methyl sites for hydroxylation is 1. The zero-order valence-corrected chi connectivity index (χ0v) is 12.2. The minimum absolute atomic E-state index is 0.288. The van der Waals surface area contributed by atoms with E-state index >= 15 is 0 Å². The number of nitrogens with zero attached hydrogens (tertiary/aromatic N) is 2. The monoisotopic (exact) mass is 290 g/mol. The van der Waals surface area contributed by atoms with Crippen molar-refractivity contribution in [3.63, 3.8) is 0 Å². The summed E-state index contributed by atoms with van der Waals surface area (Å²) in [7, 11) is 4.83. The van der Waals surface area contributed by atoms with Crippen LogP contribution in [0.2, 0.25) is 0 Å². The van der Waals surface area contributed by atoms with Gasteiger partial charge in [0.05, 0.1) is 14.2 Å². The van der Waals surface area contributed by atoms with Crippen LogP contribution in [0.15, 0.2) is 24.4 Å². The van der Waals surface area contributed by atoms with Gasteiger partial charge in [-0.1, -0.05) is 0 Å². The average Bonchev–Trinajstić information content (AvgIpc) is 2.86. The maximum absolute atomic E-state index is 12.3. The van der Waals surface area contributed by atoms with E-state index < -0.39 is 0 Å². The molecule has 0 aliphatic heterocycles. The number of nitrogens with two attached hydrogens (primary N) is 1. The first-order valence-corrected chi connectivity index (χ1v) is 6.35. The van der Waals surface area contributed by atoms with Crippen LogP contribution in [0.5, 0.6) is 11.5 Å². The fraction of sp³-hybridized carbons (Fsp3) is 0.286. The number of nitrogens with one attached hydrogen (secondary N) is 1. The largest absolute Gasteiger partial charge is 0.493 e. The molecular formula is C14H18N4O3. The van der Waals surface area contributed by atoms with Gasteiger partial charge in [0.1, 0.15) is 0 Å². The number of rotatable bonds is 5. The molecule has 2 aromatic rings. The van der Waals surface area contributed by atoms with E-state index in [4.69, 9.17) is 15.2 Å². The third kappa shape index (κ3) is 3.14. The number of hydrogen-bond acceptors (Lipinski definition) is 5. The highest BCUT2D eigenvalue weighted by atomic mass is 16.5. The minimum Gasteiger partial charge on any atom is -0.493 e. The summed E-state index contributed by atoms with van der Waals surface area (Å²) in [5.74, 6) is 1.23. The molecular weight excluding hydrogens is 272 g/mol. The van der Waals surface area contributed by atoms with E-state index in [1.54, 1.807) is 43.2 Å². The van der Waals surface area contributed by atoms with Gasteiger partial charge in [-0.2, -0.15) is 5.10 Å². The average molecular weight is 290 g/mol. The Bertz CT molecular complexity index is 652. The normalized spacial score (nSPS) is 10.3. The molecule has 7 nitrogen and oxygen atoms in total. The predicted molar refractivity (Wildman–Crippen MR) is 78.6 cm³/mol. The number of benzene rings is 1. The number of anilines is 1. The van der Waals surface area contributed by atoms with Gasteiger partial charge in [-0.15, -0.1) is 0 Å². The molecule has 7 heteroatoms. The number of carbonyl (C=O) groups excluding carboxylic acids is 1. The number of aromatic nitrogens is 2. The molecule has 0 unspecified atom stereocenters. The highest BCUT2D eigenvalue weighted by molar-refractivity contribution is 6.04. The Morgan fingerprint density at radius 3 is 2.67 bits per heavy atom. The van der Waals surface area contributed by atoms with E-state index in [9.17, 15) is 4.79 Å². The van der Waals surface area contributed by atoms with E-state index in [0.717, 1.165) is 5.56 Å². The van der Waals surface area contributed by atoms with Gasteiger partial charge in [-0.05, 0) is 18.2 Å². The van der Waals surface area contributed by atoms with Gasteiger partial charge in [-0.3, -0.25) is 9.48 Å². The van der Waals surface area contributed by atoms with Crippen molar-refractivity contribution in [2.45, 2.75) is 6.54 Å². The molecule has 21 heavy (non-hydrogen) atoms. The van der Waals surface area contributed by atoms with Crippen molar-refractivity contribution in [2.75, 3.05) is 19.5 Å². The van der Waals surface area contributed by atoms with Gasteiger partial charge in [0.25, 0.3) is 5.91 Å². The molecule has 2 rings (SSSR count). The molecule has 0 saturated carbocycles. The summed E-state index contributed by atoms with van der Waals surface area (Å²) < 4.78 is 11.9. The van der Waals surface area contributed by atoms with Crippen LogP contribution in [-0.2, 0) is 13.6 Å². The summed E-state index contributed by atoms with van der Waals surface area (Å²) in [6, 6.07) is 4.94. The van der Waals surface area contributed by atoms with Crippen LogP contribution in [0, 0.1) is 0 Å². The van der Waals surface area contributed by atoms with Crippen molar-refractivity contribution in [3.8, 4) is 11.5 Å². The van der Waals surface area contributed by atoms with E-state index in [1.807, 2.05) is 0 Å². The Balaban J connectivity index is 2.24. The van der Waals surface area contributed by atoms with Crippen molar-refractivity contribution >= 4 is 11.7 Å². The number of amides is 1. The van der Waals surface area contributed by atoms with Crippen LogP contribution < -0.4 is 20.5 Å². The Labute approximate surface area is 122 Å². The van der Waals surface area contributed by atoms with E-state index in [0.29, 0.717) is 29.4 Å². The van der Waals surface area contributed by atoms with Gasteiger partial charge >= 0.3 is 0 Å². The minimum atomic E-state index is -0.288. The molecule has 0 aliphatic carbocycles. The van der Waals surface area contributed by atoms with E-state index in [-0.39, 0.29) is 5.91 Å². The Morgan fingerprint density at radius 1 is 1.33 bits per heavy atom. The van der Waals surface area contributed by atoms with Crippen molar-refractivity contribution in [2.24, 2.45) is 12.8 Å². The maximum Gasteiger partial charge on any atom is 0.257 e. The second kappa shape index (κ2) is 6.27. The zero-order valence-electron chi connectivity index (χ0n) is 12.2. The Kier molecular flexibility index (Phi) is 4.44. The van der Waals surface area contributed by atoms with Gasteiger partial charge in [0, 0.05) is 30.9 Å². The molecule has 3 N–H and O–H groups in total. The van der Waals surface area contributed by atoms with Crippen LogP contribution in [0.3, 0.4) is 0 Å². The van der Waals surface area contributed by atoms with Crippen molar-refractivity contribution in [1.29, 1.82) is 0 Å². The molecule has 112 valence electrons. The fourth-order valence-electron chi connectivity index (χ4n) is 1.95. The molecule has 0 saturated heterocycles. The molecule has 0 radical (unpaired) electrons. The van der Waals surface area contributed by atoms with Gasteiger partial charge in [0.15, 0.2) is 17.3 Å². The van der Waals surface area contributed by atoms with Crippen molar-refractivity contribution < 1.29 is 14.3 Å². The number of ether oxygens (including phenoxy) is 2. The third-order valence-corrected chi connectivity index (χ3v) is 3.00. The number of carbonyl (C=O) groups is 1. The standard InChI is InChI=1S/C14H18N4O3/c1-18-8-10(7-15)13(17-18)16-14(19)9-4-5-11(20-2)12(6-9)21-3/h4-6,8H,7,15H2,1-3H3,(H,16,17,19). The Hall–Kier alpha value is -2.54. The van der Waals surface area contributed by atoms with Crippen molar-refractivity contribution in [1.82, 2.24) is 9.78 Å². The fourth-order valence-corrected chi connectivity index (χ4v) is 1.95. The van der Waals surface area contributed by atoms with Gasteiger partial charge in [0.2, 0.25) is 0 Å². The maximum atomic E-state index is 12.3. The molecule has 0 fully saturated rings. The summed E-state index contributed by atoms with van der Waals surface area (Å²) in [6.45, 7) is 0.301. The van der Waals surface area contributed by atoms with Crippen LogP contribution in [0.1, 0.15) is 15.9 Å². The van der Waals surface area contributed by atoms with Crippen molar-refractivity contribution in [3.05, 3.63) is 35.5 Å². The molecule has 0 spiro atoms.